The fourth-order valence-electron chi connectivity index (χ4n) is 6.73. The van der Waals surface area contributed by atoms with Crippen LogP contribution in [0, 0.1) is 0 Å². The zero-order chi connectivity index (χ0) is 27.8. The number of aliphatic hydroxyl groups is 2. The van der Waals surface area contributed by atoms with Crippen molar-refractivity contribution in [3.8, 4) is 22.6 Å². The number of fused-ring (bicyclic) bond motifs is 5. The molecule has 0 bridgehead atoms. The first-order valence-electron chi connectivity index (χ1n) is 14.0. The quantitative estimate of drug-likeness (QED) is 0.217. The molecule has 1 aliphatic carbocycles. The number of ether oxygens (including phenoxy) is 2. The van der Waals surface area contributed by atoms with Crippen LogP contribution in [0.2, 0.25) is 0 Å². The van der Waals surface area contributed by atoms with E-state index in [-0.39, 0.29) is 26.4 Å². The van der Waals surface area contributed by atoms with Crippen LogP contribution in [0.3, 0.4) is 0 Å². The van der Waals surface area contributed by atoms with Crippen LogP contribution in [-0.2, 0) is 5.41 Å². The Labute approximate surface area is 239 Å². The summed E-state index contributed by atoms with van der Waals surface area (Å²) >= 11 is 0. The zero-order valence-corrected chi connectivity index (χ0v) is 22.6. The molecule has 1 aliphatic rings. The molecule has 0 saturated heterocycles. The van der Waals surface area contributed by atoms with Crippen molar-refractivity contribution < 1.29 is 19.7 Å². The monoisotopic (exact) mass is 538 g/mol. The van der Waals surface area contributed by atoms with Crippen LogP contribution in [0.15, 0.2) is 121 Å². The third kappa shape index (κ3) is 3.83. The van der Waals surface area contributed by atoms with E-state index < -0.39 is 5.41 Å². The van der Waals surface area contributed by atoms with E-state index in [4.69, 9.17) is 9.47 Å². The van der Waals surface area contributed by atoms with Crippen molar-refractivity contribution in [3.63, 3.8) is 0 Å². The maximum atomic E-state index is 9.81. The zero-order valence-electron chi connectivity index (χ0n) is 22.6. The number of benzene rings is 6. The third-order valence-electron chi connectivity index (χ3n) is 8.18. The van der Waals surface area contributed by atoms with Gasteiger partial charge in [-0.25, -0.2) is 0 Å². The summed E-state index contributed by atoms with van der Waals surface area (Å²) in [5, 5.41) is 23.9. The van der Waals surface area contributed by atoms with Crippen molar-refractivity contribution in [2.24, 2.45) is 0 Å². The Morgan fingerprint density at radius 1 is 0.463 bits per heavy atom. The van der Waals surface area contributed by atoms with Gasteiger partial charge in [-0.2, -0.15) is 0 Å². The standard InChI is InChI=1S/C37H30O4/c38-21-23-40-33-19-17-25-9-1-3-11-27(25)35(33)37(31-15-7-5-13-29(31)30-14-6-8-16-32(30)37)36-28-12-4-2-10-26(28)18-20-34(36)41-24-22-39/h1-20,38-39H,21-24H2. The van der Waals surface area contributed by atoms with E-state index in [0.717, 1.165) is 54.9 Å². The average Bonchev–Trinajstić information content (AvgIpc) is 3.32. The number of aliphatic hydroxyl groups excluding tert-OH is 2. The lowest BCUT2D eigenvalue weighted by Crippen LogP contribution is -2.31. The van der Waals surface area contributed by atoms with Gasteiger partial charge in [0.05, 0.1) is 18.6 Å². The van der Waals surface area contributed by atoms with E-state index in [1.807, 2.05) is 12.1 Å². The Morgan fingerprint density at radius 2 is 0.878 bits per heavy atom. The largest absolute Gasteiger partial charge is 0.491 e. The van der Waals surface area contributed by atoms with E-state index in [1.54, 1.807) is 0 Å². The van der Waals surface area contributed by atoms with E-state index in [1.165, 1.54) is 0 Å². The Bertz CT molecular complexity index is 1750. The highest BCUT2D eigenvalue weighted by Crippen LogP contribution is 2.61. The van der Waals surface area contributed by atoms with E-state index >= 15 is 0 Å². The topological polar surface area (TPSA) is 58.9 Å². The Balaban J connectivity index is 1.75. The summed E-state index contributed by atoms with van der Waals surface area (Å²) in [5.74, 6) is 1.43. The first-order chi connectivity index (χ1) is 20.3. The fraction of sp³-hybridized carbons (Fsp3) is 0.135. The molecule has 0 heterocycles. The van der Waals surface area contributed by atoms with Gasteiger partial charge in [-0.05, 0) is 55.9 Å². The fourth-order valence-corrected chi connectivity index (χ4v) is 6.73. The molecule has 0 spiro atoms. The summed E-state index contributed by atoms with van der Waals surface area (Å²) in [6, 6.07) is 42.2. The lowest BCUT2D eigenvalue weighted by molar-refractivity contribution is 0.198. The highest BCUT2D eigenvalue weighted by molar-refractivity contribution is 6.00. The molecule has 0 atom stereocenters. The van der Waals surface area contributed by atoms with Crippen LogP contribution in [0.4, 0.5) is 0 Å². The predicted octanol–water partition coefficient (Wildman–Crippen LogP) is 7.10. The van der Waals surface area contributed by atoms with Crippen LogP contribution >= 0.6 is 0 Å². The molecule has 6 aromatic rings. The summed E-state index contributed by atoms with van der Waals surface area (Å²) in [5.41, 5.74) is 5.77. The van der Waals surface area contributed by atoms with Crippen LogP contribution < -0.4 is 9.47 Å². The molecule has 0 amide bonds. The van der Waals surface area contributed by atoms with Gasteiger partial charge in [0.15, 0.2) is 0 Å². The van der Waals surface area contributed by atoms with Crippen LogP contribution in [0.5, 0.6) is 11.5 Å². The maximum Gasteiger partial charge on any atom is 0.124 e. The SMILES string of the molecule is OCCOc1ccc2ccccc2c1C1(c2c(OCCO)ccc3ccccc23)c2ccccc2-c2ccccc21. The second kappa shape index (κ2) is 10.4. The van der Waals surface area contributed by atoms with Gasteiger partial charge < -0.3 is 19.7 Å². The van der Waals surface area contributed by atoms with Gasteiger partial charge in [-0.1, -0.05) is 109 Å². The van der Waals surface area contributed by atoms with E-state index in [2.05, 4.69) is 109 Å². The van der Waals surface area contributed by atoms with Crippen molar-refractivity contribution >= 4 is 21.5 Å². The predicted molar refractivity (Wildman–Crippen MR) is 164 cm³/mol. The smallest absolute Gasteiger partial charge is 0.124 e. The lowest BCUT2D eigenvalue weighted by Gasteiger charge is -2.38. The minimum atomic E-state index is -0.829. The highest BCUT2D eigenvalue weighted by atomic mass is 16.5. The summed E-state index contributed by atoms with van der Waals surface area (Å²) in [7, 11) is 0. The third-order valence-corrected chi connectivity index (χ3v) is 8.18. The Kier molecular flexibility index (Phi) is 6.43. The summed E-state index contributed by atoms with van der Waals surface area (Å²) in [6.07, 6.45) is 0. The molecule has 0 aliphatic heterocycles. The molecule has 0 aromatic heterocycles. The molecular formula is C37H30O4. The normalized spacial score (nSPS) is 13.2. The first-order valence-corrected chi connectivity index (χ1v) is 14.0. The second-order valence-corrected chi connectivity index (χ2v) is 10.3. The van der Waals surface area contributed by atoms with Gasteiger partial charge in [-0.3, -0.25) is 0 Å². The Hall–Kier alpha value is -4.64. The molecular weight excluding hydrogens is 508 g/mol. The number of hydrogen-bond acceptors (Lipinski definition) is 4. The van der Waals surface area contributed by atoms with E-state index in [9.17, 15) is 10.2 Å². The number of hydrogen-bond donors (Lipinski definition) is 2. The van der Waals surface area contributed by atoms with Crippen LogP contribution in [-0.4, -0.2) is 36.6 Å². The minimum absolute atomic E-state index is 0.0917. The Morgan fingerprint density at radius 3 is 1.34 bits per heavy atom. The van der Waals surface area contributed by atoms with Gasteiger partial charge in [-0.15, -0.1) is 0 Å². The maximum absolute atomic E-state index is 9.81. The van der Waals surface area contributed by atoms with Crippen molar-refractivity contribution in [1.29, 1.82) is 0 Å². The minimum Gasteiger partial charge on any atom is -0.491 e. The molecule has 0 saturated carbocycles. The van der Waals surface area contributed by atoms with E-state index in [0.29, 0.717) is 11.5 Å². The van der Waals surface area contributed by atoms with Crippen LogP contribution in [0.25, 0.3) is 32.7 Å². The van der Waals surface area contributed by atoms with Gasteiger partial charge >= 0.3 is 0 Å². The second-order valence-electron chi connectivity index (χ2n) is 10.3. The average molecular weight is 539 g/mol. The van der Waals surface area contributed by atoms with Gasteiger partial charge in [0, 0.05) is 11.1 Å². The molecule has 4 nitrogen and oxygen atoms in total. The molecule has 202 valence electrons. The van der Waals surface area contributed by atoms with Gasteiger partial charge in [0.25, 0.3) is 0 Å². The summed E-state index contributed by atoms with van der Waals surface area (Å²) in [6.45, 7) is 0.166. The molecule has 0 radical (unpaired) electrons. The first kappa shape index (κ1) is 25.3. The molecule has 0 fully saturated rings. The molecule has 4 heteroatoms. The van der Waals surface area contributed by atoms with Crippen LogP contribution in [0.1, 0.15) is 22.3 Å². The summed E-state index contributed by atoms with van der Waals surface area (Å²) < 4.78 is 12.8. The molecule has 6 aromatic carbocycles. The summed E-state index contributed by atoms with van der Waals surface area (Å²) in [4.78, 5) is 0. The van der Waals surface area contributed by atoms with Gasteiger partial charge in [0.2, 0.25) is 0 Å². The highest BCUT2D eigenvalue weighted by Gasteiger charge is 2.50. The van der Waals surface area contributed by atoms with Crippen molar-refractivity contribution in [2.45, 2.75) is 5.41 Å². The van der Waals surface area contributed by atoms with Crippen molar-refractivity contribution in [1.82, 2.24) is 0 Å². The number of rotatable bonds is 8. The molecule has 0 unspecified atom stereocenters. The van der Waals surface area contributed by atoms with Gasteiger partial charge in [0.1, 0.15) is 24.7 Å². The van der Waals surface area contributed by atoms with Crippen molar-refractivity contribution in [3.05, 3.63) is 144 Å². The molecule has 2 N–H and O–H groups in total. The molecule has 7 rings (SSSR count). The molecule has 41 heavy (non-hydrogen) atoms. The lowest BCUT2D eigenvalue weighted by atomic mass is 9.64. The van der Waals surface area contributed by atoms with Crippen molar-refractivity contribution in [2.75, 3.05) is 26.4 Å².